The molecule has 0 aliphatic rings. The summed E-state index contributed by atoms with van der Waals surface area (Å²) in [4.78, 5) is 8.66. The van der Waals surface area contributed by atoms with Crippen molar-refractivity contribution in [2.45, 2.75) is 10.1 Å². The highest BCUT2D eigenvalue weighted by Crippen LogP contribution is 2.31. The number of nitrogens with two attached hydrogens (primary N) is 1. The van der Waals surface area contributed by atoms with E-state index in [-0.39, 0.29) is 0 Å². The van der Waals surface area contributed by atoms with Crippen LogP contribution < -0.4 is 5.73 Å². The van der Waals surface area contributed by atoms with Crippen LogP contribution in [0.4, 0.5) is 5.82 Å². The maximum atomic E-state index is 5.56. The summed E-state index contributed by atoms with van der Waals surface area (Å²) < 4.78 is 2.32. The van der Waals surface area contributed by atoms with Crippen LogP contribution in [0.1, 0.15) is 5.56 Å². The lowest BCUT2D eigenvalue weighted by atomic mass is 10.3. The number of para-hydroxylation sites is 1. The van der Waals surface area contributed by atoms with E-state index in [0.717, 1.165) is 21.2 Å². The quantitative estimate of drug-likeness (QED) is 0.741. The predicted octanol–water partition coefficient (Wildman–Crippen LogP) is 3.57. The van der Waals surface area contributed by atoms with Crippen molar-refractivity contribution in [3.63, 3.8) is 0 Å². The van der Waals surface area contributed by atoms with Crippen molar-refractivity contribution in [1.29, 1.82) is 0 Å². The van der Waals surface area contributed by atoms with Crippen molar-refractivity contribution < 1.29 is 0 Å². The average Bonchev–Trinajstić information content (AvgIpc) is 2.81. The third-order valence-corrected chi connectivity index (χ3v) is 4.73. The van der Waals surface area contributed by atoms with Gasteiger partial charge < -0.3 is 5.73 Å². The van der Waals surface area contributed by atoms with E-state index in [1.165, 1.54) is 4.70 Å². The molecule has 2 aromatic heterocycles. The number of thioether (sulfide) groups is 1. The van der Waals surface area contributed by atoms with Crippen LogP contribution in [0, 0.1) is 0 Å². The number of benzene rings is 1. The van der Waals surface area contributed by atoms with Gasteiger partial charge in [0.05, 0.1) is 10.2 Å². The minimum absolute atomic E-state index is 0.559. The fraction of sp³-hybridized carbons (Fsp3) is 0.0769. The molecule has 0 saturated heterocycles. The number of pyridine rings is 1. The standard InChI is InChI=1S/C13H11N3S2/c14-12-6-5-9(7-15-12)8-17-13-16-10-3-1-2-4-11(10)18-13/h1-7H,8H2,(H2,14,15). The Labute approximate surface area is 113 Å². The van der Waals surface area contributed by atoms with Crippen molar-refractivity contribution in [1.82, 2.24) is 9.97 Å². The van der Waals surface area contributed by atoms with Crippen molar-refractivity contribution >= 4 is 39.1 Å². The van der Waals surface area contributed by atoms with Gasteiger partial charge in [0.25, 0.3) is 0 Å². The zero-order valence-corrected chi connectivity index (χ0v) is 11.2. The Morgan fingerprint density at radius 3 is 2.83 bits per heavy atom. The molecule has 90 valence electrons. The number of hydrogen-bond donors (Lipinski definition) is 1. The third kappa shape index (κ3) is 2.47. The molecule has 3 aromatic rings. The van der Waals surface area contributed by atoms with Gasteiger partial charge in [-0.05, 0) is 23.8 Å². The summed E-state index contributed by atoms with van der Waals surface area (Å²) in [6.45, 7) is 0. The second-order valence-electron chi connectivity index (χ2n) is 3.83. The Bertz CT molecular complexity index is 628. The Hall–Kier alpha value is -1.59. The SMILES string of the molecule is Nc1ccc(CSc2nc3ccccc3s2)cn1. The molecule has 0 saturated carbocycles. The topological polar surface area (TPSA) is 51.8 Å². The van der Waals surface area contributed by atoms with E-state index in [1.807, 2.05) is 36.5 Å². The summed E-state index contributed by atoms with van der Waals surface area (Å²) in [5.41, 5.74) is 7.79. The molecule has 1 aromatic carbocycles. The van der Waals surface area contributed by atoms with E-state index in [9.17, 15) is 0 Å². The molecule has 3 nitrogen and oxygen atoms in total. The van der Waals surface area contributed by atoms with E-state index < -0.39 is 0 Å². The zero-order valence-electron chi connectivity index (χ0n) is 9.54. The Kier molecular flexibility index (Phi) is 3.17. The number of nitrogens with zero attached hydrogens (tertiary/aromatic N) is 2. The Morgan fingerprint density at radius 1 is 1.17 bits per heavy atom. The second kappa shape index (κ2) is 4.96. The molecule has 0 aliphatic carbocycles. The van der Waals surface area contributed by atoms with Gasteiger partial charge in [-0.1, -0.05) is 30.0 Å². The maximum absolute atomic E-state index is 5.56. The van der Waals surface area contributed by atoms with Gasteiger partial charge in [-0.3, -0.25) is 0 Å². The first kappa shape index (κ1) is 11.5. The molecule has 0 atom stereocenters. The van der Waals surface area contributed by atoms with Crippen molar-refractivity contribution in [3.8, 4) is 0 Å². The number of rotatable bonds is 3. The Morgan fingerprint density at radius 2 is 2.06 bits per heavy atom. The number of thiazole rings is 1. The van der Waals surface area contributed by atoms with E-state index in [0.29, 0.717) is 5.82 Å². The third-order valence-electron chi connectivity index (χ3n) is 2.48. The summed E-state index contributed by atoms with van der Waals surface area (Å²) in [5, 5.41) is 0. The van der Waals surface area contributed by atoms with Gasteiger partial charge in [-0.25, -0.2) is 9.97 Å². The number of aromatic nitrogens is 2. The first-order chi connectivity index (χ1) is 8.81. The molecule has 0 radical (unpaired) electrons. The smallest absolute Gasteiger partial charge is 0.151 e. The lowest BCUT2D eigenvalue weighted by molar-refractivity contribution is 1.24. The Balaban J connectivity index is 1.74. The van der Waals surface area contributed by atoms with Crippen LogP contribution in [0.2, 0.25) is 0 Å². The maximum Gasteiger partial charge on any atom is 0.151 e. The van der Waals surface area contributed by atoms with Crippen molar-refractivity contribution in [2.75, 3.05) is 5.73 Å². The average molecular weight is 273 g/mol. The molecule has 0 bridgehead atoms. The molecule has 0 amide bonds. The molecular weight excluding hydrogens is 262 g/mol. The van der Waals surface area contributed by atoms with Crippen LogP contribution in [-0.4, -0.2) is 9.97 Å². The number of fused-ring (bicyclic) bond motifs is 1. The fourth-order valence-corrected chi connectivity index (χ4v) is 3.58. The summed E-state index contributed by atoms with van der Waals surface area (Å²) in [5.74, 6) is 1.43. The molecule has 0 aliphatic heterocycles. The fourth-order valence-electron chi connectivity index (χ4n) is 1.58. The van der Waals surface area contributed by atoms with Crippen LogP contribution >= 0.6 is 23.1 Å². The normalized spacial score (nSPS) is 10.9. The van der Waals surface area contributed by atoms with Crippen LogP contribution in [0.5, 0.6) is 0 Å². The second-order valence-corrected chi connectivity index (χ2v) is 6.08. The van der Waals surface area contributed by atoms with Crippen LogP contribution in [0.25, 0.3) is 10.2 Å². The van der Waals surface area contributed by atoms with Crippen molar-refractivity contribution in [2.24, 2.45) is 0 Å². The summed E-state index contributed by atoms with van der Waals surface area (Å²) in [7, 11) is 0. The highest BCUT2D eigenvalue weighted by Gasteiger charge is 2.04. The van der Waals surface area contributed by atoms with Crippen LogP contribution in [0.15, 0.2) is 46.9 Å². The number of nitrogen functional groups attached to an aromatic ring is 1. The van der Waals surface area contributed by atoms with E-state index >= 15 is 0 Å². The van der Waals surface area contributed by atoms with Crippen LogP contribution in [-0.2, 0) is 5.75 Å². The molecule has 0 spiro atoms. The first-order valence-corrected chi connectivity index (χ1v) is 7.30. The first-order valence-electron chi connectivity index (χ1n) is 5.50. The minimum Gasteiger partial charge on any atom is -0.384 e. The summed E-state index contributed by atoms with van der Waals surface area (Å²) in [6, 6.07) is 12.0. The van der Waals surface area contributed by atoms with Crippen LogP contribution in [0.3, 0.4) is 0 Å². The van der Waals surface area contributed by atoms with Gasteiger partial charge in [0, 0.05) is 11.9 Å². The number of anilines is 1. The van der Waals surface area contributed by atoms with Gasteiger partial charge in [0.1, 0.15) is 5.82 Å². The highest BCUT2D eigenvalue weighted by atomic mass is 32.2. The van der Waals surface area contributed by atoms with Gasteiger partial charge in [0.15, 0.2) is 4.34 Å². The predicted molar refractivity (Wildman–Crippen MR) is 77.8 cm³/mol. The number of hydrogen-bond acceptors (Lipinski definition) is 5. The molecular formula is C13H11N3S2. The van der Waals surface area contributed by atoms with E-state index in [2.05, 4.69) is 16.0 Å². The molecule has 2 heterocycles. The van der Waals surface area contributed by atoms with Gasteiger partial charge in [0.2, 0.25) is 0 Å². The highest BCUT2D eigenvalue weighted by molar-refractivity contribution is 8.00. The molecule has 18 heavy (non-hydrogen) atoms. The molecule has 3 rings (SSSR count). The lowest BCUT2D eigenvalue weighted by Gasteiger charge is -1.98. The van der Waals surface area contributed by atoms with Crippen molar-refractivity contribution in [3.05, 3.63) is 48.2 Å². The molecule has 2 N–H and O–H groups in total. The zero-order chi connectivity index (χ0) is 12.4. The van der Waals surface area contributed by atoms with Gasteiger partial charge >= 0.3 is 0 Å². The monoisotopic (exact) mass is 273 g/mol. The molecule has 0 fully saturated rings. The summed E-state index contributed by atoms with van der Waals surface area (Å²) >= 11 is 3.46. The lowest BCUT2D eigenvalue weighted by Crippen LogP contribution is -1.90. The van der Waals surface area contributed by atoms with E-state index in [1.54, 1.807) is 23.1 Å². The molecule has 0 unspecified atom stereocenters. The van der Waals surface area contributed by atoms with E-state index in [4.69, 9.17) is 5.73 Å². The minimum atomic E-state index is 0.559. The largest absolute Gasteiger partial charge is 0.384 e. The van der Waals surface area contributed by atoms with Gasteiger partial charge in [-0.2, -0.15) is 0 Å². The molecule has 5 heteroatoms. The summed E-state index contributed by atoms with van der Waals surface area (Å²) in [6.07, 6.45) is 1.82. The van der Waals surface area contributed by atoms with Gasteiger partial charge in [-0.15, -0.1) is 11.3 Å².